The van der Waals surface area contributed by atoms with E-state index in [4.69, 9.17) is 21.1 Å². The van der Waals surface area contributed by atoms with Gasteiger partial charge in [0.25, 0.3) is 0 Å². The average molecular weight is 271 g/mol. The molecule has 2 unspecified atom stereocenters. The number of methoxy groups -OCH3 is 2. The highest BCUT2D eigenvalue weighted by Crippen LogP contribution is 2.29. The summed E-state index contributed by atoms with van der Waals surface area (Å²) in [7, 11) is 3.30. The van der Waals surface area contributed by atoms with Crippen LogP contribution in [0.15, 0.2) is 18.2 Å². The predicted molar refractivity (Wildman–Crippen MR) is 77.0 cm³/mol. The summed E-state index contributed by atoms with van der Waals surface area (Å²) >= 11 is 6.39. The maximum atomic E-state index is 6.39. The molecule has 18 heavy (non-hydrogen) atoms. The van der Waals surface area contributed by atoms with Crippen LogP contribution in [0, 0.1) is 5.92 Å². The van der Waals surface area contributed by atoms with Crippen molar-refractivity contribution in [2.75, 3.05) is 14.2 Å². The standard InChI is InChI=1S/C15H23ClO2/c1-5-11(2)8-13(16)9-12-6-7-14(17-3)15(10-12)18-4/h6-7,10-11,13H,5,8-9H2,1-4H3. The molecule has 0 aliphatic carbocycles. The van der Waals surface area contributed by atoms with Gasteiger partial charge in [0.2, 0.25) is 0 Å². The second-order valence-electron chi connectivity index (χ2n) is 4.74. The smallest absolute Gasteiger partial charge is 0.160 e. The molecule has 0 saturated carbocycles. The molecule has 0 radical (unpaired) electrons. The number of hydrogen-bond acceptors (Lipinski definition) is 2. The summed E-state index contributed by atoms with van der Waals surface area (Å²) in [5.74, 6) is 2.20. The summed E-state index contributed by atoms with van der Waals surface area (Å²) in [4.78, 5) is 0. The summed E-state index contributed by atoms with van der Waals surface area (Å²) < 4.78 is 10.5. The maximum absolute atomic E-state index is 6.39. The number of benzene rings is 1. The Bertz CT molecular complexity index is 366. The molecule has 0 amide bonds. The number of ether oxygens (including phenoxy) is 2. The summed E-state index contributed by atoms with van der Waals surface area (Å²) in [6.45, 7) is 4.44. The molecular formula is C15H23ClO2. The van der Waals surface area contributed by atoms with Crippen LogP contribution < -0.4 is 9.47 Å². The fourth-order valence-electron chi connectivity index (χ4n) is 1.95. The summed E-state index contributed by atoms with van der Waals surface area (Å²) in [6, 6.07) is 5.99. The minimum Gasteiger partial charge on any atom is -0.493 e. The van der Waals surface area contributed by atoms with Gasteiger partial charge in [-0.25, -0.2) is 0 Å². The fourth-order valence-corrected chi connectivity index (χ4v) is 2.43. The zero-order valence-electron chi connectivity index (χ0n) is 11.7. The molecule has 1 aromatic carbocycles. The van der Waals surface area contributed by atoms with Gasteiger partial charge in [0, 0.05) is 5.38 Å². The van der Waals surface area contributed by atoms with Gasteiger partial charge in [-0.05, 0) is 36.5 Å². The molecule has 0 bridgehead atoms. The van der Waals surface area contributed by atoms with Gasteiger partial charge in [-0.15, -0.1) is 11.6 Å². The van der Waals surface area contributed by atoms with Crippen molar-refractivity contribution in [1.82, 2.24) is 0 Å². The fraction of sp³-hybridized carbons (Fsp3) is 0.600. The Morgan fingerprint density at radius 1 is 1.17 bits per heavy atom. The Morgan fingerprint density at radius 2 is 1.83 bits per heavy atom. The van der Waals surface area contributed by atoms with Crippen LogP contribution >= 0.6 is 11.6 Å². The molecule has 2 atom stereocenters. The highest BCUT2D eigenvalue weighted by Gasteiger charge is 2.12. The molecule has 0 saturated heterocycles. The molecule has 2 nitrogen and oxygen atoms in total. The van der Waals surface area contributed by atoms with E-state index in [0.717, 1.165) is 24.3 Å². The van der Waals surface area contributed by atoms with Gasteiger partial charge in [0.05, 0.1) is 14.2 Å². The minimum absolute atomic E-state index is 0.179. The predicted octanol–water partition coefficient (Wildman–Crippen LogP) is 4.29. The highest BCUT2D eigenvalue weighted by molar-refractivity contribution is 6.20. The molecule has 0 heterocycles. The second-order valence-corrected chi connectivity index (χ2v) is 5.36. The molecule has 0 aliphatic rings. The highest BCUT2D eigenvalue weighted by atomic mass is 35.5. The van der Waals surface area contributed by atoms with Crippen LogP contribution in [0.2, 0.25) is 0 Å². The van der Waals surface area contributed by atoms with Crippen molar-refractivity contribution in [2.24, 2.45) is 5.92 Å². The third-order valence-corrected chi connectivity index (χ3v) is 3.59. The van der Waals surface area contributed by atoms with Crippen molar-refractivity contribution in [3.8, 4) is 11.5 Å². The molecule has 0 aliphatic heterocycles. The Balaban J connectivity index is 2.67. The van der Waals surface area contributed by atoms with Gasteiger partial charge in [-0.2, -0.15) is 0 Å². The van der Waals surface area contributed by atoms with Crippen molar-refractivity contribution in [3.05, 3.63) is 23.8 Å². The Morgan fingerprint density at radius 3 is 2.39 bits per heavy atom. The Labute approximate surface area is 115 Å². The van der Waals surface area contributed by atoms with Gasteiger partial charge >= 0.3 is 0 Å². The summed E-state index contributed by atoms with van der Waals surface area (Å²) in [6.07, 6.45) is 3.09. The van der Waals surface area contributed by atoms with Crippen molar-refractivity contribution in [1.29, 1.82) is 0 Å². The molecule has 0 fully saturated rings. The van der Waals surface area contributed by atoms with E-state index in [1.807, 2.05) is 18.2 Å². The van der Waals surface area contributed by atoms with E-state index in [9.17, 15) is 0 Å². The Hall–Kier alpha value is -0.890. The first kappa shape index (κ1) is 15.2. The topological polar surface area (TPSA) is 18.5 Å². The first-order valence-electron chi connectivity index (χ1n) is 6.45. The quantitative estimate of drug-likeness (QED) is 0.688. The summed E-state index contributed by atoms with van der Waals surface area (Å²) in [5.41, 5.74) is 1.19. The first-order chi connectivity index (χ1) is 8.60. The van der Waals surface area contributed by atoms with Crippen molar-refractivity contribution in [2.45, 2.75) is 38.5 Å². The van der Waals surface area contributed by atoms with Crippen LogP contribution in [0.5, 0.6) is 11.5 Å². The minimum atomic E-state index is 0.179. The largest absolute Gasteiger partial charge is 0.493 e. The van der Waals surface area contributed by atoms with Crippen molar-refractivity contribution >= 4 is 11.6 Å². The van der Waals surface area contributed by atoms with Crippen LogP contribution in [0.3, 0.4) is 0 Å². The summed E-state index contributed by atoms with van der Waals surface area (Å²) in [5, 5.41) is 0.179. The Kier molecular flexibility index (Phi) is 6.34. The van der Waals surface area contributed by atoms with Crippen LogP contribution in [-0.4, -0.2) is 19.6 Å². The number of hydrogen-bond donors (Lipinski definition) is 0. The van der Waals surface area contributed by atoms with Gasteiger partial charge in [-0.3, -0.25) is 0 Å². The van der Waals surface area contributed by atoms with E-state index in [1.54, 1.807) is 14.2 Å². The number of rotatable bonds is 7. The molecule has 1 rings (SSSR count). The van der Waals surface area contributed by atoms with Gasteiger partial charge in [0.15, 0.2) is 11.5 Å². The third kappa shape index (κ3) is 4.41. The van der Waals surface area contributed by atoms with Crippen LogP contribution in [0.4, 0.5) is 0 Å². The lowest BCUT2D eigenvalue weighted by molar-refractivity contribution is 0.354. The van der Waals surface area contributed by atoms with E-state index in [-0.39, 0.29) is 5.38 Å². The van der Waals surface area contributed by atoms with Crippen LogP contribution in [-0.2, 0) is 6.42 Å². The lowest BCUT2D eigenvalue weighted by atomic mass is 9.98. The van der Waals surface area contributed by atoms with Crippen LogP contribution in [0.1, 0.15) is 32.3 Å². The molecular weight excluding hydrogens is 248 g/mol. The number of alkyl halides is 1. The van der Waals surface area contributed by atoms with Gasteiger partial charge < -0.3 is 9.47 Å². The third-order valence-electron chi connectivity index (χ3n) is 3.26. The molecule has 3 heteroatoms. The van der Waals surface area contributed by atoms with Gasteiger partial charge in [-0.1, -0.05) is 26.3 Å². The average Bonchev–Trinajstić information content (AvgIpc) is 2.38. The molecule has 102 valence electrons. The van der Waals surface area contributed by atoms with Crippen LogP contribution in [0.25, 0.3) is 0 Å². The SMILES string of the molecule is CCC(C)CC(Cl)Cc1ccc(OC)c(OC)c1. The van der Waals surface area contributed by atoms with E-state index in [1.165, 1.54) is 12.0 Å². The molecule has 0 N–H and O–H groups in total. The normalized spacial score (nSPS) is 14.1. The van der Waals surface area contributed by atoms with Crippen molar-refractivity contribution in [3.63, 3.8) is 0 Å². The maximum Gasteiger partial charge on any atom is 0.160 e. The zero-order valence-corrected chi connectivity index (χ0v) is 12.5. The lowest BCUT2D eigenvalue weighted by Gasteiger charge is -2.15. The number of halogens is 1. The second kappa shape index (κ2) is 7.52. The van der Waals surface area contributed by atoms with E-state index < -0.39 is 0 Å². The molecule has 0 aromatic heterocycles. The van der Waals surface area contributed by atoms with E-state index in [2.05, 4.69) is 13.8 Å². The lowest BCUT2D eigenvalue weighted by Crippen LogP contribution is -2.08. The van der Waals surface area contributed by atoms with E-state index >= 15 is 0 Å². The molecule has 1 aromatic rings. The zero-order chi connectivity index (χ0) is 13.5. The first-order valence-corrected chi connectivity index (χ1v) is 6.89. The van der Waals surface area contributed by atoms with E-state index in [0.29, 0.717) is 5.92 Å². The van der Waals surface area contributed by atoms with Crippen molar-refractivity contribution < 1.29 is 9.47 Å². The molecule has 0 spiro atoms. The monoisotopic (exact) mass is 270 g/mol. The van der Waals surface area contributed by atoms with Gasteiger partial charge in [0.1, 0.15) is 0 Å².